The average molecular weight is 443 g/mol. The number of thioether (sulfide) groups is 1. The van der Waals surface area contributed by atoms with Crippen LogP contribution in [0.15, 0.2) is 66.7 Å². The molecular weight excluding hydrogens is 427 g/mol. The maximum atomic E-state index is 14.3. The molecule has 2 N–H and O–H groups in total. The highest BCUT2D eigenvalue weighted by Gasteiger charge is 2.35. The Morgan fingerprint density at radius 2 is 1.74 bits per heavy atom. The minimum Gasteiger partial charge on any atom is -0.308 e. The van der Waals surface area contributed by atoms with Crippen molar-refractivity contribution in [2.24, 2.45) is 0 Å². The van der Waals surface area contributed by atoms with Crippen molar-refractivity contribution in [2.45, 2.75) is 5.37 Å². The fourth-order valence-electron chi connectivity index (χ4n) is 3.22. The van der Waals surface area contributed by atoms with Crippen LogP contribution in [0.1, 0.15) is 10.9 Å². The Balaban J connectivity index is 1.53. The summed E-state index contributed by atoms with van der Waals surface area (Å²) < 4.78 is 41.0. The predicted octanol–water partition coefficient (Wildman–Crippen LogP) is 5.53. The number of para-hydroxylation sites is 1. The molecule has 9 heteroatoms. The first kappa shape index (κ1) is 20.8. The van der Waals surface area contributed by atoms with E-state index in [1.807, 2.05) is 0 Å². The van der Waals surface area contributed by atoms with Gasteiger partial charge in [-0.25, -0.2) is 18.0 Å². The van der Waals surface area contributed by atoms with Crippen molar-refractivity contribution >= 4 is 40.8 Å². The molecule has 0 radical (unpaired) electrons. The second-order valence-corrected chi connectivity index (χ2v) is 7.78. The Morgan fingerprint density at radius 3 is 2.52 bits per heavy atom. The predicted molar refractivity (Wildman–Crippen MR) is 115 cm³/mol. The molecule has 1 heterocycles. The zero-order chi connectivity index (χ0) is 22.0. The fourth-order valence-corrected chi connectivity index (χ4v) is 4.38. The van der Waals surface area contributed by atoms with Crippen LogP contribution in [0.2, 0.25) is 0 Å². The van der Waals surface area contributed by atoms with Crippen LogP contribution in [-0.4, -0.2) is 17.7 Å². The van der Waals surface area contributed by atoms with E-state index in [2.05, 4.69) is 10.6 Å². The van der Waals surface area contributed by atoms with Gasteiger partial charge in [-0.2, -0.15) is 0 Å². The number of benzene rings is 3. The lowest BCUT2D eigenvalue weighted by Gasteiger charge is -2.25. The number of carbonyl (C=O) groups excluding carboxylic acids is 2. The summed E-state index contributed by atoms with van der Waals surface area (Å²) in [5.41, 5.74) is 1.10. The first-order chi connectivity index (χ1) is 14.9. The number of nitrogens with zero attached hydrogens (tertiary/aromatic N) is 1. The summed E-state index contributed by atoms with van der Waals surface area (Å²) in [6.07, 6.45) is 0. The van der Waals surface area contributed by atoms with E-state index in [0.717, 1.165) is 12.1 Å². The lowest BCUT2D eigenvalue weighted by molar-refractivity contribution is -0.115. The third-order valence-electron chi connectivity index (χ3n) is 4.59. The van der Waals surface area contributed by atoms with Crippen molar-refractivity contribution in [1.29, 1.82) is 0 Å². The summed E-state index contributed by atoms with van der Waals surface area (Å²) in [6, 6.07) is 14.9. The second-order valence-electron chi connectivity index (χ2n) is 6.71. The van der Waals surface area contributed by atoms with E-state index < -0.39 is 28.9 Å². The van der Waals surface area contributed by atoms with Crippen LogP contribution in [-0.2, 0) is 4.79 Å². The number of amides is 3. The van der Waals surface area contributed by atoms with Gasteiger partial charge in [0.1, 0.15) is 22.8 Å². The van der Waals surface area contributed by atoms with Gasteiger partial charge in [0.05, 0.1) is 17.1 Å². The molecule has 4 rings (SSSR count). The molecule has 3 aromatic rings. The minimum atomic E-state index is -0.898. The molecule has 5 nitrogen and oxygen atoms in total. The standard InChI is InChI=1S/C22H16F3N3O2S/c23-14-8-9-18(17(25)11-14)27-22(30)26-15-5-3-4-13(10-15)21-28(20(29)12-31-21)19-7-2-1-6-16(19)24/h1-11,21H,12H2,(H2,26,27,30). The van der Waals surface area contributed by atoms with Gasteiger partial charge in [-0.3, -0.25) is 9.69 Å². The number of anilines is 3. The number of carbonyl (C=O) groups is 2. The van der Waals surface area contributed by atoms with Gasteiger partial charge in [0.25, 0.3) is 0 Å². The molecule has 0 aromatic heterocycles. The SMILES string of the molecule is O=C(Nc1cccc(C2SCC(=O)N2c2ccccc2F)c1)Nc1ccc(F)cc1F. The molecule has 3 aromatic carbocycles. The van der Waals surface area contributed by atoms with E-state index in [4.69, 9.17) is 0 Å². The molecule has 1 atom stereocenters. The lowest BCUT2D eigenvalue weighted by Crippen LogP contribution is -2.28. The molecule has 3 amide bonds. The molecule has 1 saturated heterocycles. The fraction of sp³-hybridized carbons (Fsp3) is 0.0909. The van der Waals surface area contributed by atoms with Gasteiger partial charge in [-0.15, -0.1) is 11.8 Å². The van der Waals surface area contributed by atoms with E-state index in [1.54, 1.807) is 42.5 Å². The van der Waals surface area contributed by atoms with Crippen LogP contribution in [0.5, 0.6) is 0 Å². The van der Waals surface area contributed by atoms with Gasteiger partial charge in [0.2, 0.25) is 5.91 Å². The molecular formula is C22H16F3N3O2S. The van der Waals surface area contributed by atoms with Crippen LogP contribution in [0.4, 0.5) is 35.0 Å². The Bertz CT molecular complexity index is 1160. The van der Waals surface area contributed by atoms with Gasteiger partial charge in [-0.05, 0) is 42.0 Å². The highest BCUT2D eigenvalue weighted by molar-refractivity contribution is 8.00. The van der Waals surface area contributed by atoms with Crippen molar-refractivity contribution in [1.82, 2.24) is 0 Å². The maximum absolute atomic E-state index is 14.3. The number of urea groups is 1. The first-order valence-electron chi connectivity index (χ1n) is 9.23. The van der Waals surface area contributed by atoms with Gasteiger partial charge in [0.15, 0.2) is 0 Å². The average Bonchev–Trinajstić information content (AvgIpc) is 3.12. The molecule has 1 unspecified atom stereocenters. The molecule has 1 fully saturated rings. The van der Waals surface area contributed by atoms with E-state index >= 15 is 0 Å². The highest BCUT2D eigenvalue weighted by Crippen LogP contribution is 2.42. The number of nitrogens with one attached hydrogen (secondary N) is 2. The lowest BCUT2D eigenvalue weighted by atomic mass is 10.1. The summed E-state index contributed by atoms with van der Waals surface area (Å²) in [5, 5.41) is 4.42. The Kier molecular flexibility index (Phi) is 5.85. The summed E-state index contributed by atoms with van der Waals surface area (Å²) in [5.74, 6) is -2.17. The van der Waals surface area contributed by atoms with Gasteiger partial charge in [-0.1, -0.05) is 24.3 Å². The van der Waals surface area contributed by atoms with Crippen molar-refractivity contribution in [3.63, 3.8) is 0 Å². The summed E-state index contributed by atoms with van der Waals surface area (Å²) in [7, 11) is 0. The Labute approximate surface area is 180 Å². The van der Waals surface area contributed by atoms with E-state index in [9.17, 15) is 22.8 Å². The Morgan fingerprint density at radius 1 is 0.935 bits per heavy atom. The van der Waals surface area contributed by atoms with Crippen LogP contribution >= 0.6 is 11.8 Å². The normalized spacial score (nSPS) is 15.8. The summed E-state index contributed by atoms with van der Waals surface area (Å²) in [4.78, 5) is 26.1. The van der Waals surface area contributed by atoms with E-state index in [1.165, 1.54) is 22.7 Å². The number of hydrogen-bond acceptors (Lipinski definition) is 3. The second kappa shape index (κ2) is 8.73. The van der Waals surface area contributed by atoms with Gasteiger partial charge in [0, 0.05) is 11.8 Å². The molecule has 1 aliphatic heterocycles. The third kappa shape index (κ3) is 4.51. The topological polar surface area (TPSA) is 61.4 Å². The summed E-state index contributed by atoms with van der Waals surface area (Å²) in [6.45, 7) is 0. The van der Waals surface area contributed by atoms with Crippen LogP contribution < -0.4 is 15.5 Å². The van der Waals surface area contributed by atoms with E-state index in [-0.39, 0.29) is 23.0 Å². The van der Waals surface area contributed by atoms with Crippen molar-refractivity contribution < 1.29 is 22.8 Å². The minimum absolute atomic E-state index is 0.169. The molecule has 0 aliphatic carbocycles. The molecule has 158 valence electrons. The molecule has 1 aliphatic rings. The largest absolute Gasteiger partial charge is 0.323 e. The van der Waals surface area contributed by atoms with E-state index in [0.29, 0.717) is 17.3 Å². The first-order valence-corrected chi connectivity index (χ1v) is 10.3. The van der Waals surface area contributed by atoms with Crippen LogP contribution in [0, 0.1) is 17.5 Å². The monoisotopic (exact) mass is 443 g/mol. The third-order valence-corrected chi connectivity index (χ3v) is 5.80. The quantitative estimate of drug-likeness (QED) is 0.558. The zero-order valence-corrected chi connectivity index (χ0v) is 16.8. The van der Waals surface area contributed by atoms with Crippen LogP contribution in [0.25, 0.3) is 0 Å². The maximum Gasteiger partial charge on any atom is 0.323 e. The Hall–Kier alpha value is -3.46. The van der Waals surface area contributed by atoms with Gasteiger partial charge >= 0.3 is 6.03 Å². The summed E-state index contributed by atoms with van der Waals surface area (Å²) >= 11 is 1.35. The number of rotatable bonds is 4. The van der Waals surface area contributed by atoms with Crippen molar-refractivity contribution in [2.75, 3.05) is 21.3 Å². The zero-order valence-electron chi connectivity index (χ0n) is 15.9. The van der Waals surface area contributed by atoms with Gasteiger partial charge < -0.3 is 10.6 Å². The molecule has 0 bridgehead atoms. The smallest absolute Gasteiger partial charge is 0.308 e. The number of halogens is 3. The van der Waals surface area contributed by atoms with Crippen molar-refractivity contribution in [3.8, 4) is 0 Å². The highest BCUT2D eigenvalue weighted by atomic mass is 32.2. The van der Waals surface area contributed by atoms with Crippen molar-refractivity contribution in [3.05, 3.63) is 89.7 Å². The molecule has 0 saturated carbocycles. The van der Waals surface area contributed by atoms with Crippen LogP contribution in [0.3, 0.4) is 0 Å². The molecule has 0 spiro atoms. The molecule has 31 heavy (non-hydrogen) atoms. The number of hydrogen-bond donors (Lipinski definition) is 2.